The van der Waals surface area contributed by atoms with Crippen molar-refractivity contribution in [3.63, 3.8) is 0 Å². The average Bonchev–Trinajstić information content (AvgIpc) is 2.49. The second-order valence-corrected chi connectivity index (χ2v) is 5.68. The normalized spacial score (nSPS) is 17.4. The Labute approximate surface area is 121 Å². The van der Waals surface area contributed by atoms with Gasteiger partial charge in [-0.15, -0.1) is 0 Å². The Bertz CT molecular complexity index is 559. The number of aromatic nitrogens is 1. The Kier molecular flexibility index (Phi) is 4.16. The van der Waals surface area contributed by atoms with Crippen LogP contribution in [0.4, 0.5) is 5.69 Å². The number of para-hydroxylation sites is 1. The number of fused-ring (bicyclic) bond motifs is 1. The van der Waals surface area contributed by atoms with Crippen molar-refractivity contribution in [2.75, 3.05) is 25.0 Å². The molecule has 0 bridgehead atoms. The monoisotopic (exact) mass is 269 g/mol. The fraction of sp³-hybridized carbons (Fsp3) is 0.471. The average molecular weight is 269 g/mol. The quantitative estimate of drug-likeness (QED) is 0.920. The van der Waals surface area contributed by atoms with Crippen LogP contribution in [0.5, 0.6) is 0 Å². The van der Waals surface area contributed by atoms with E-state index in [4.69, 9.17) is 0 Å². The van der Waals surface area contributed by atoms with E-state index < -0.39 is 0 Å². The lowest BCUT2D eigenvalue weighted by atomic mass is 10.0. The van der Waals surface area contributed by atoms with Gasteiger partial charge in [0, 0.05) is 24.5 Å². The highest BCUT2D eigenvalue weighted by Crippen LogP contribution is 2.20. The fourth-order valence-corrected chi connectivity index (χ4v) is 3.00. The molecular formula is C17H23N3. The van der Waals surface area contributed by atoms with E-state index >= 15 is 0 Å². The van der Waals surface area contributed by atoms with Gasteiger partial charge in [0.2, 0.25) is 0 Å². The van der Waals surface area contributed by atoms with Gasteiger partial charge in [-0.05, 0) is 37.9 Å². The third kappa shape index (κ3) is 3.10. The molecule has 20 heavy (non-hydrogen) atoms. The highest BCUT2D eigenvalue weighted by atomic mass is 15.1. The van der Waals surface area contributed by atoms with Gasteiger partial charge in [0.25, 0.3) is 0 Å². The minimum absolute atomic E-state index is 0.589. The van der Waals surface area contributed by atoms with Gasteiger partial charge in [-0.2, -0.15) is 0 Å². The number of likely N-dealkylation sites (tertiary alicyclic amines) is 1. The first kappa shape index (κ1) is 13.4. The molecule has 1 aliphatic rings. The van der Waals surface area contributed by atoms with E-state index in [2.05, 4.69) is 46.4 Å². The molecule has 0 spiro atoms. The van der Waals surface area contributed by atoms with Crippen LogP contribution in [-0.4, -0.2) is 35.6 Å². The number of benzene rings is 1. The van der Waals surface area contributed by atoms with Gasteiger partial charge in [0.1, 0.15) is 0 Å². The first-order valence-electron chi connectivity index (χ1n) is 7.69. The molecule has 1 N–H and O–H groups in total. The topological polar surface area (TPSA) is 28.2 Å². The van der Waals surface area contributed by atoms with Gasteiger partial charge < -0.3 is 10.2 Å². The van der Waals surface area contributed by atoms with E-state index in [0.717, 1.165) is 11.2 Å². The van der Waals surface area contributed by atoms with Crippen molar-refractivity contribution in [2.45, 2.75) is 32.2 Å². The molecule has 0 saturated carbocycles. The summed E-state index contributed by atoms with van der Waals surface area (Å²) in [4.78, 5) is 7.08. The third-order valence-corrected chi connectivity index (χ3v) is 4.09. The maximum atomic E-state index is 4.52. The van der Waals surface area contributed by atoms with Gasteiger partial charge in [-0.3, -0.25) is 4.98 Å². The smallest absolute Gasteiger partial charge is 0.0703 e. The van der Waals surface area contributed by atoms with E-state index in [1.807, 2.05) is 12.3 Å². The summed E-state index contributed by atoms with van der Waals surface area (Å²) < 4.78 is 0. The van der Waals surface area contributed by atoms with E-state index in [-0.39, 0.29) is 0 Å². The lowest BCUT2D eigenvalue weighted by molar-refractivity contribution is 0.219. The van der Waals surface area contributed by atoms with Crippen LogP contribution in [0.2, 0.25) is 0 Å². The van der Waals surface area contributed by atoms with Crippen LogP contribution in [-0.2, 0) is 0 Å². The lowest BCUT2D eigenvalue weighted by Crippen LogP contribution is -2.39. The van der Waals surface area contributed by atoms with Gasteiger partial charge in [-0.1, -0.05) is 25.1 Å². The van der Waals surface area contributed by atoms with E-state index in [1.54, 1.807) is 0 Å². The van der Waals surface area contributed by atoms with Crippen LogP contribution in [0.25, 0.3) is 10.9 Å². The number of piperidine rings is 1. The van der Waals surface area contributed by atoms with E-state index in [1.165, 1.54) is 44.3 Å². The largest absolute Gasteiger partial charge is 0.381 e. The Morgan fingerprint density at radius 2 is 2.05 bits per heavy atom. The molecule has 0 unspecified atom stereocenters. The standard InChI is InChI=1S/C17H23N3/c1-2-9-20-10-7-15(8-11-20)19-16-12-14-5-3-4-6-17(14)18-13-16/h3-6,12-13,15,19H,2,7-11H2,1H3. The number of pyridine rings is 1. The van der Waals surface area contributed by atoms with Gasteiger partial charge in [0.05, 0.1) is 17.4 Å². The summed E-state index contributed by atoms with van der Waals surface area (Å²) in [7, 11) is 0. The van der Waals surface area contributed by atoms with Crippen LogP contribution in [0.15, 0.2) is 36.5 Å². The molecule has 1 aromatic carbocycles. The second-order valence-electron chi connectivity index (χ2n) is 5.68. The van der Waals surface area contributed by atoms with Crippen molar-refractivity contribution in [3.8, 4) is 0 Å². The molecule has 2 heterocycles. The first-order chi connectivity index (χ1) is 9.85. The van der Waals surface area contributed by atoms with Crippen LogP contribution in [0.3, 0.4) is 0 Å². The Balaban J connectivity index is 1.62. The van der Waals surface area contributed by atoms with E-state index in [0.29, 0.717) is 6.04 Å². The van der Waals surface area contributed by atoms with Crippen molar-refractivity contribution >= 4 is 16.6 Å². The molecule has 0 radical (unpaired) electrons. The number of hydrogen-bond donors (Lipinski definition) is 1. The number of anilines is 1. The predicted octanol–water partition coefficient (Wildman–Crippen LogP) is 3.52. The van der Waals surface area contributed by atoms with Crippen molar-refractivity contribution in [1.29, 1.82) is 0 Å². The van der Waals surface area contributed by atoms with E-state index in [9.17, 15) is 0 Å². The SMILES string of the molecule is CCCN1CCC(Nc2cnc3ccccc3c2)CC1. The molecule has 3 heteroatoms. The predicted molar refractivity (Wildman–Crippen MR) is 85.1 cm³/mol. The molecule has 1 saturated heterocycles. The maximum Gasteiger partial charge on any atom is 0.0703 e. The van der Waals surface area contributed by atoms with Crippen molar-refractivity contribution in [1.82, 2.24) is 9.88 Å². The minimum Gasteiger partial charge on any atom is -0.381 e. The Hall–Kier alpha value is -1.61. The van der Waals surface area contributed by atoms with Crippen LogP contribution in [0.1, 0.15) is 26.2 Å². The van der Waals surface area contributed by atoms with Crippen molar-refractivity contribution in [2.24, 2.45) is 0 Å². The summed E-state index contributed by atoms with van der Waals surface area (Å²) in [6.07, 6.45) is 5.67. The molecule has 0 amide bonds. The highest BCUT2D eigenvalue weighted by Gasteiger charge is 2.18. The summed E-state index contributed by atoms with van der Waals surface area (Å²) in [5, 5.41) is 4.86. The molecule has 106 valence electrons. The number of nitrogens with one attached hydrogen (secondary N) is 1. The first-order valence-corrected chi connectivity index (χ1v) is 7.69. The van der Waals surface area contributed by atoms with Gasteiger partial charge in [-0.25, -0.2) is 0 Å². The Morgan fingerprint density at radius 3 is 2.85 bits per heavy atom. The highest BCUT2D eigenvalue weighted by molar-refractivity contribution is 5.81. The summed E-state index contributed by atoms with van der Waals surface area (Å²) in [6.45, 7) is 5.92. The molecule has 3 nitrogen and oxygen atoms in total. The summed E-state index contributed by atoms with van der Waals surface area (Å²) in [5.41, 5.74) is 2.22. The number of nitrogens with zero attached hydrogens (tertiary/aromatic N) is 2. The van der Waals surface area contributed by atoms with Crippen molar-refractivity contribution < 1.29 is 0 Å². The zero-order valence-electron chi connectivity index (χ0n) is 12.2. The fourth-order valence-electron chi connectivity index (χ4n) is 3.00. The number of hydrogen-bond acceptors (Lipinski definition) is 3. The van der Waals surface area contributed by atoms with Crippen LogP contribution in [0, 0.1) is 0 Å². The minimum atomic E-state index is 0.589. The molecule has 3 rings (SSSR count). The van der Waals surface area contributed by atoms with Gasteiger partial charge in [0.15, 0.2) is 0 Å². The summed E-state index contributed by atoms with van der Waals surface area (Å²) in [5.74, 6) is 0. The van der Waals surface area contributed by atoms with Crippen molar-refractivity contribution in [3.05, 3.63) is 36.5 Å². The number of rotatable bonds is 4. The molecule has 0 aliphatic carbocycles. The molecular weight excluding hydrogens is 246 g/mol. The molecule has 2 aromatic rings. The molecule has 1 fully saturated rings. The summed E-state index contributed by atoms with van der Waals surface area (Å²) >= 11 is 0. The molecule has 1 aromatic heterocycles. The zero-order chi connectivity index (χ0) is 13.8. The lowest BCUT2D eigenvalue weighted by Gasteiger charge is -2.32. The molecule has 0 atom stereocenters. The van der Waals surface area contributed by atoms with Gasteiger partial charge >= 0.3 is 0 Å². The van der Waals surface area contributed by atoms with Crippen LogP contribution >= 0.6 is 0 Å². The third-order valence-electron chi connectivity index (χ3n) is 4.09. The Morgan fingerprint density at radius 1 is 1.25 bits per heavy atom. The molecule has 1 aliphatic heterocycles. The van der Waals surface area contributed by atoms with Crippen LogP contribution < -0.4 is 5.32 Å². The maximum absolute atomic E-state index is 4.52. The summed E-state index contributed by atoms with van der Waals surface area (Å²) in [6, 6.07) is 11.1. The second kappa shape index (κ2) is 6.23. The zero-order valence-corrected chi connectivity index (χ0v) is 12.2.